The normalized spacial score (nSPS) is 19.9. The molecule has 1 aliphatic rings. The fourth-order valence-corrected chi connectivity index (χ4v) is 2.30. The molecule has 124 valence electrons. The fourth-order valence-electron chi connectivity index (χ4n) is 2.30. The Morgan fingerprint density at radius 2 is 2.29 bits per heavy atom. The van der Waals surface area contributed by atoms with Crippen LogP contribution in [0.4, 0.5) is 0 Å². The van der Waals surface area contributed by atoms with Gasteiger partial charge in [-0.05, 0) is 18.8 Å². The van der Waals surface area contributed by atoms with Crippen molar-refractivity contribution < 1.29 is 14.3 Å². The van der Waals surface area contributed by atoms with Crippen LogP contribution in [0.15, 0.2) is 0 Å². The highest BCUT2D eigenvalue weighted by atomic mass is 16.5. The van der Waals surface area contributed by atoms with E-state index in [0.29, 0.717) is 13.2 Å². The highest BCUT2D eigenvalue weighted by Gasteiger charge is 2.20. The van der Waals surface area contributed by atoms with Gasteiger partial charge in [0.2, 0.25) is 5.91 Å². The Bertz CT molecular complexity index is 287. The molecular weight excluding hydrogens is 270 g/mol. The number of amides is 1. The minimum absolute atomic E-state index is 0.0284. The number of ether oxygens (including phenoxy) is 2. The summed E-state index contributed by atoms with van der Waals surface area (Å²) in [5.41, 5.74) is 5.26. The summed E-state index contributed by atoms with van der Waals surface area (Å²) in [6.45, 7) is 10.0. The van der Waals surface area contributed by atoms with Crippen LogP contribution in [-0.2, 0) is 14.3 Å². The summed E-state index contributed by atoms with van der Waals surface area (Å²) in [6.07, 6.45) is 2.41. The summed E-state index contributed by atoms with van der Waals surface area (Å²) >= 11 is 0. The van der Waals surface area contributed by atoms with Crippen LogP contribution in [0.5, 0.6) is 0 Å². The highest BCUT2D eigenvalue weighted by molar-refractivity contribution is 5.77. The van der Waals surface area contributed by atoms with Gasteiger partial charge in [0.05, 0.1) is 25.9 Å². The first kappa shape index (κ1) is 18.4. The van der Waals surface area contributed by atoms with Gasteiger partial charge >= 0.3 is 0 Å². The Kier molecular flexibility index (Phi) is 9.58. The molecule has 1 aliphatic heterocycles. The Balaban J connectivity index is 2.05. The van der Waals surface area contributed by atoms with E-state index in [0.717, 1.165) is 45.2 Å². The van der Waals surface area contributed by atoms with E-state index in [4.69, 9.17) is 15.2 Å². The van der Waals surface area contributed by atoms with Crippen molar-refractivity contribution in [3.63, 3.8) is 0 Å². The molecule has 0 aromatic carbocycles. The number of rotatable bonds is 10. The zero-order valence-electron chi connectivity index (χ0n) is 13.5. The van der Waals surface area contributed by atoms with Crippen molar-refractivity contribution in [1.82, 2.24) is 10.2 Å². The largest absolute Gasteiger partial charge is 0.380 e. The maximum Gasteiger partial charge on any atom is 0.233 e. The number of hydrogen-bond donors (Lipinski definition) is 2. The summed E-state index contributed by atoms with van der Waals surface area (Å²) in [4.78, 5) is 13.5. The maximum absolute atomic E-state index is 11.1. The fraction of sp³-hybridized carbons (Fsp3) is 0.933. The monoisotopic (exact) mass is 301 g/mol. The predicted molar refractivity (Wildman–Crippen MR) is 83.1 cm³/mol. The molecule has 21 heavy (non-hydrogen) atoms. The molecule has 1 heterocycles. The van der Waals surface area contributed by atoms with Gasteiger partial charge in [-0.1, -0.05) is 13.8 Å². The van der Waals surface area contributed by atoms with Crippen LogP contribution in [-0.4, -0.2) is 69.5 Å². The second kappa shape index (κ2) is 11.0. The number of morpholine rings is 1. The van der Waals surface area contributed by atoms with Crippen LogP contribution in [0.2, 0.25) is 0 Å². The van der Waals surface area contributed by atoms with E-state index in [9.17, 15) is 4.79 Å². The van der Waals surface area contributed by atoms with E-state index >= 15 is 0 Å². The van der Waals surface area contributed by atoms with Gasteiger partial charge in [-0.25, -0.2) is 0 Å². The van der Waals surface area contributed by atoms with E-state index in [1.807, 2.05) is 0 Å². The molecule has 0 spiro atoms. The van der Waals surface area contributed by atoms with Crippen LogP contribution in [0.3, 0.4) is 0 Å². The number of hydrogen-bond acceptors (Lipinski definition) is 5. The van der Waals surface area contributed by atoms with E-state index in [1.54, 1.807) is 0 Å². The van der Waals surface area contributed by atoms with E-state index in [-0.39, 0.29) is 18.6 Å². The first-order valence-electron chi connectivity index (χ1n) is 8.00. The van der Waals surface area contributed by atoms with Crippen molar-refractivity contribution in [2.75, 3.05) is 52.5 Å². The summed E-state index contributed by atoms with van der Waals surface area (Å²) in [6, 6.07) is 0. The number of nitrogens with one attached hydrogen (secondary N) is 1. The second-order valence-corrected chi connectivity index (χ2v) is 5.95. The summed E-state index contributed by atoms with van der Waals surface area (Å²) in [5.74, 6) is 0.613. The molecular formula is C15H31N3O3. The van der Waals surface area contributed by atoms with Crippen molar-refractivity contribution in [2.45, 2.75) is 32.8 Å². The van der Waals surface area contributed by atoms with Gasteiger partial charge in [-0.3, -0.25) is 9.69 Å². The molecule has 0 aliphatic carbocycles. The molecule has 6 heteroatoms. The first-order valence-corrected chi connectivity index (χ1v) is 8.00. The molecule has 0 radical (unpaired) electrons. The third-order valence-corrected chi connectivity index (χ3v) is 3.56. The molecule has 1 atom stereocenters. The van der Waals surface area contributed by atoms with Gasteiger partial charge in [0.15, 0.2) is 0 Å². The van der Waals surface area contributed by atoms with E-state index in [1.165, 1.54) is 6.42 Å². The number of nitrogens with zero attached hydrogens (tertiary/aromatic N) is 1. The number of carbonyl (C=O) groups excluding carboxylic acids is 1. The summed E-state index contributed by atoms with van der Waals surface area (Å²) in [7, 11) is 0. The Morgan fingerprint density at radius 3 is 3.00 bits per heavy atom. The molecule has 1 rings (SSSR count). The lowest BCUT2D eigenvalue weighted by Crippen LogP contribution is -2.49. The molecule has 0 bridgehead atoms. The quantitative estimate of drug-likeness (QED) is 0.564. The maximum atomic E-state index is 11.1. The first-order chi connectivity index (χ1) is 10.1. The lowest BCUT2D eigenvalue weighted by atomic mass is 10.1. The third-order valence-electron chi connectivity index (χ3n) is 3.56. The van der Waals surface area contributed by atoms with Crippen molar-refractivity contribution in [3.05, 3.63) is 0 Å². The molecule has 0 aromatic heterocycles. The van der Waals surface area contributed by atoms with E-state index in [2.05, 4.69) is 24.1 Å². The van der Waals surface area contributed by atoms with Crippen LogP contribution in [0.1, 0.15) is 26.7 Å². The van der Waals surface area contributed by atoms with Gasteiger partial charge in [-0.15, -0.1) is 0 Å². The van der Waals surface area contributed by atoms with Gasteiger partial charge in [-0.2, -0.15) is 0 Å². The molecule has 3 N–H and O–H groups in total. The van der Waals surface area contributed by atoms with Gasteiger partial charge in [0.1, 0.15) is 0 Å². The zero-order chi connectivity index (χ0) is 15.5. The molecule has 1 amide bonds. The average molecular weight is 301 g/mol. The molecule has 0 saturated carbocycles. The second-order valence-electron chi connectivity index (χ2n) is 5.95. The van der Waals surface area contributed by atoms with Crippen molar-refractivity contribution in [3.8, 4) is 0 Å². The van der Waals surface area contributed by atoms with Gasteiger partial charge < -0.3 is 20.5 Å². The van der Waals surface area contributed by atoms with Crippen molar-refractivity contribution >= 4 is 5.91 Å². The predicted octanol–water partition coefficient (Wildman–Crippen LogP) is 0.215. The molecule has 0 aromatic rings. The standard InChI is InChI=1S/C15H31N3O3/c1-13(2)4-3-7-20-8-5-18-6-9-21-14(12-18)11-17-15(19)10-16/h13-14H,3-12,16H2,1-2H3,(H,17,19). The Morgan fingerprint density at radius 1 is 1.48 bits per heavy atom. The summed E-state index contributed by atoms with van der Waals surface area (Å²) < 4.78 is 11.3. The minimum Gasteiger partial charge on any atom is -0.380 e. The third kappa shape index (κ3) is 9.03. The molecule has 1 unspecified atom stereocenters. The number of nitrogens with two attached hydrogens (primary N) is 1. The van der Waals surface area contributed by atoms with Crippen LogP contribution in [0, 0.1) is 5.92 Å². The Hall–Kier alpha value is -0.690. The highest BCUT2D eigenvalue weighted by Crippen LogP contribution is 2.05. The topological polar surface area (TPSA) is 76.8 Å². The van der Waals surface area contributed by atoms with Gasteiger partial charge in [0.25, 0.3) is 0 Å². The van der Waals surface area contributed by atoms with Gasteiger partial charge in [0, 0.05) is 32.8 Å². The molecule has 6 nitrogen and oxygen atoms in total. The molecule has 1 saturated heterocycles. The average Bonchev–Trinajstić information content (AvgIpc) is 2.48. The van der Waals surface area contributed by atoms with Crippen molar-refractivity contribution in [1.29, 1.82) is 0 Å². The van der Waals surface area contributed by atoms with Crippen LogP contribution >= 0.6 is 0 Å². The van der Waals surface area contributed by atoms with E-state index < -0.39 is 0 Å². The van der Waals surface area contributed by atoms with Crippen LogP contribution < -0.4 is 11.1 Å². The lowest BCUT2D eigenvalue weighted by Gasteiger charge is -2.32. The minimum atomic E-state index is -0.135. The smallest absolute Gasteiger partial charge is 0.233 e. The van der Waals surface area contributed by atoms with Crippen molar-refractivity contribution in [2.24, 2.45) is 11.7 Å². The number of carbonyl (C=O) groups is 1. The lowest BCUT2D eigenvalue weighted by molar-refractivity contribution is -0.121. The molecule has 1 fully saturated rings. The Labute approximate surface area is 128 Å². The zero-order valence-corrected chi connectivity index (χ0v) is 13.5. The summed E-state index contributed by atoms with van der Waals surface area (Å²) in [5, 5.41) is 2.77. The SMILES string of the molecule is CC(C)CCCOCCN1CCOC(CNC(=O)CN)C1. The van der Waals surface area contributed by atoms with Crippen LogP contribution in [0.25, 0.3) is 0 Å².